The highest BCUT2D eigenvalue weighted by atomic mass is 19.4. The van der Waals surface area contributed by atoms with Crippen LogP contribution in [-0.2, 0) is 20.7 Å². The number of urea groups is 1. The first kappa shape index (κ1) is 29.7. The van der Waals surface area contributed by atoms with Gasteiger partial charge in [0.2, 0.25) is 0 Å². The van der Waals surface area contributed by atoms with Crippen LogP contribution in [0.2, 0.25) is 0 Å². The predicted molar refractivity (Wildman–Crippen MR) is 127 cm³/mol. The Kier molecular flexibility index (Phi) is 12.8. The second kappa shape index (κ2) is 15.6. The van der Waals surface area contributed by atoms with Crippen LogP contribution >= 0.6 is 0 Å². The molecule has 0 saturated heterocycles. The van der Waals surface area contributed by atoms with E-state index >= 15 is 0 Å². The van der Waals surface area contributed by atoms with Gasteiger partial charge < -0.3 is 29.5 Å². The number of carbonyl (C=O) groups excluding carboxylic acids is 1. The summed E-state index contributed by atoms with van der Waals surface area (Å²) in [7, 11) is 0. The van der Waals surface area contributed by atoms with Gasteiger partial charge in [0.25, 0.3) is 0 Å². The Morgan fingerprint density at radius 1 is 1.11 bits per heavy atom. The molecule has 0 spiro atoms. The molecule has 2 rings (SSSR count). The molecule has 204 valence electrons. The summed E-state index contributed by atoms with van der Waals surface area (Å²) < 4.78 is 53.1. The highest BCUT2D eigenvalue weighted by Crippen LogP contribution is 2.21. The Morgan fingerprint density at radius 3 is 2.39 bits per heavy atom. The lowest BCUT2D eigenvalue weighted by Crippen LogP contribution is -2.46. The third-order valence-corrected chi connectivity index (χ3v) is 5.84. The zero-order valence-electron chi connectivity index (χ0n) is 20.7. The van der Waals surface area contributed by atoms with Gasteiger partial charge in [0, 0.05) is 38.6 Å². The molecular formula is C25H37F3N2O6. The molecule has 0 radical (unpaired) electrons. The van der Waals surface area contributed by atoms with E-state index in [2.05, 4.69) is 5.32 Å². The van der Waals surface area contributed by atoms with Gasteiger partial charge in [0.05, 0.1) is 13.2 Å². The van der Waals surface area contributed by atoms with E-state index in [0.717, 1.165) is 31.2 Å². The van der Waals surface area contributed by atoms with E-state index in [1.165, 1.54) is 0 Å². The van der Waals surface area contributed by atoms with Gasteiger partial charge in [-0.3, -0.25) is 0 Å². The molecular weight excluding hydrogens is 481 g/mol. The minimum atomic E-state index is -4.20. The quantitative estimate of drug-likeness (QED) is 0.315. The number of alkyl halides is 3. The number of benzene rings is 1. The first-order chi connectivity index (χ1) is 17.2. The fourth-order valence-corrected chi connectivity index (χ4v) is 3.93. The minimum absolute atomic E-state index is 0.0214. The Bertz CT molecular complexity index is 785. The third kappa shape index (κ3) is 11.9. The molecule has 2 amide bonds. The van der Waals surface area contributed by atoms with Crippen molar-refractivity contribution in [2.75, 3.05) is 39.5 Å². The smallest absolute Gasteiger partial charge is 0.389 e. The number of hydrogen-bond acceptors (Lipinski definition) is 5. The van der Waals surface area contributed by atoms with Crippen molar-refractivity contribution in [1.82, 2.24) is 10.2 Å². The fourth-order valence-electron chi connectivity index (χ4n) is 3.93. The summed E-state index contributed by atoms with van der Waals surface area (Å²) in [6.07, 6.45) is -1.87. The summed E-state index contributed by atoms with van der Waals surface area (Å²) in [5, 5.41) is 12.2. The van der Waals surface area contributed by atoms with Crippen LogP contribution in [0.3, 0.4) is 0 Å². The van der Waals surface area contributed by atoms with Crippen molar-refractivity contribution in [2.45, 2.75) is 70.2 Å². The largest absolute Gasteiger partial charge is 0.492 e. The monoisotopic (exact) mass is 518 g/mol. The molecule has 1 aliphatic carbocycles. The van der Waals surface area contributed by atoms with E-state index in [1.807, 2.05) is 0 Å². The number of halogens is 3. The number of carbonyl (C=O) groups is 2. The standard InChI is InChI=1S/C25H37F3N2O6/c1-2-35-22(23(31)32)18-19-8-10-21(11-9-19)36-17-14-30(24(33)29-20-6-3-4-7-20)13-16-34-15-5-12-25(26,27)28/h8-11,20,22H,2-7,12-18H2,1H3,(H,29,33)(H,31,32). The second-order valence-electron chi connectivity index (χ2n) is 8.73. The molecule has 2 N–H and O–H groups in total. The lowest BCUT2D eigenvalue weighted by molar-refractivity contribution is -0.150. The van der Waals surface area contributed by atoms with Crippen LogP contribution in [-0.4, -0.2) is 79.8 Å². The fraction of sp³-hybridized carbons (Fsp3) is 0.680. The van der Waals surface area contributed by atoms with Crippen molar-refractivity contribution in [3.05, 3.63) is 29.8 Å². The second-order valence-corrected chi connectivity index (χ2v) is 8.73. The molecule has 1 aromatic carbocycles. The average molecular weight is 519 g/mol. The molecule has 1 unspecified atom stereocenters. The van der Waals surface area contributed by atoms with Gasteiger partial charge in [-0.25, -0.2) is 9.59 Å². The van der Waals surface area contributed by atoms with Crippen LogP contribution in [0.4, 0.5) is 18.0 Å². The van der Waals surface area contributed by atoms with Gasteiger partial charge in [0.15, 0.2) is 6.10 Å². The summed E-state index contributed by atoms with van der Waals surface area (Å²) >= 11 is 0. The minimum Gasteiger partial charge on any atom is -0.492 e. The maximum Gasteiger partial charge on any atom is 0.389 e. The van der Waals surface area contributed by atoms with Crippen molar-refractivity contribution < 1.29 is 42.1 Å². The van der Waals surface area contributed by atoms with Crippen LogP contribution < -0.4 is 10.1 Å². The topological polar surface area (TPSA) is 97.3 Å². The van der Waals surface area contributed by atoms with Crippen molar-refractivity contribution >= 4 is 12.0 Å². The van der Waals surface area contributed by atoms with Crippen molar-refractivity contribution in [3.8, 4) is 5.75 Å². The number of nitrogens with one attached hydrogen (secondary N) is 1. The number of rotatable bonds is 16. The molecule has 8 nitrogen and oxygen atoms in total. The highest BCUT2D eigenvalue weighted by molar-refractivity contribution is 5.74. The molecule has 1 aliphatic rings. The normalized spacial score (nSPS) is 15.0. The molecule has 1 aromatic rings. The van der Waals surface area contributed by atoms with Crippen molar-refractivity contribution in [3.63, 3.8) is 0 Å². The Morgan fingerprint density at radius 2 is 1.78 bits per heavy atom. The number of aliphatic carboxylic acids is 1. The zero-order valence-corrected chi connectivity index (χ0v) is 20.7. The lowest BCUT2D eigenvalue weighted by Gasteiger charge is -2.25. The number of carboxylic acid groups (broad SMARTS) is 1. The van der Waals surface area contributed by atoms with E-state index in [1.54, 1.807) is 36.1 Å². The maximum absolute atomic E-state index is 12.7. The van der Waals surface area contributed by atoms with Gasteiger partial charge in [-0.2, -0.15) is 13.2 Å². The Balaban J connectivity index is 1.81. The summed E-state index contributed by atoms with van der Waals surface area (Å²) in [6, 6.07) is 6.88. The summed E-state index contributed by atoms with van der Waals surface area (Å²) in [4.78, 5) is 25.6. The van der Waals surface area contributed by atoms with E-state index in [0.29, 0.717) is 12.4 Å². The van der Waals surface area contributed by atoms with Crippen LogP contribution in [0.1, 0.15) is 51.0 Å². The SMILES string of the molecule is CCOC(Cc1ccc(OCCN(CCOCCCC(F)(F)F)C(=O)NC2CCCC2)cc1)C(=O)O. The van der Waals surface area contributed by atoms with Gasteiger partial charge in [-0.1, -0.05) is 25.0 Å². The van der Waals surface area contributed by atoms with Gasteiger partial charge in [-0.05, 0) is 43.9 Å². The molecule has 0 heterocycles. The number of hydrogen-bond donors (Lipinski definition) is 2. The zero-order chi connectivity index (χ0) is 26.4. The van der Waals surface area contributed by atoms with E-state index in [9.17, 15) is 27.9 Å². The van der Waals surface area contributed by atoms with E-state index in [4.69, 9.17) is 14.2 Å². The summed E-state index contributed by atoms with van der Waals surface area (Å²) in [5.74, 6) is -0.445. The number of carboxylic acids is 1. The third-order valence-electron chi connectivity index (χ3n) is 5.84. The van der Waals surface area contributed by atoms with Gasteiger partial charge >= 0.3 is 18.2 Å². The van der Waals surface area contributed by atoms with Gasteiger partial charge in [0.1, 0.15) is 12.4 Å². The van der Waals surface area contributed by atoms with E-state index < -0.39 is 24.7 Å². The predicted octanol–water partition coefficient (Wildman–Crippen LogP) is 4.41. The molecule has 36 heavy (non-hydrogen) atoms. The number of nitrogens with zero attached hydrogens (tertiary/aromatic N) is 1. The summed E-state index contributed by atoms with van der Waals surface area (Å²) in [6.45, 7) is 2.88. The van der Waals surface area contributed by atoms with Crippen LogP contribution in [0, 0.1) is 0 Å². The lowest BCUT2D eigenvalue weighted by atomic mass is 10.1. The van der Waals surface area contributed by atoms with Crippen molar-refractivity contribution in [1.29, 1.82) is 0 Å². The molecule has 1 saturated carbocycles. The number of amides is 2. The highest BCUT2D eigenvalue weighted by Gasteiger charge is 2.26. The molecule has 1 fully saturated rings. The Labute approximate surface area is 210 Å². The van der Waals surface area contributed by atoms with Crippen molar-refractivity contribution in [2.24, 2.45) is 0 Å². The maximum atomic E-state index is 12.7. The van der Waals surface area contributed by atoms with Crippen LogP contribution in [0.15, 0.2) is 24.3 Å². The summed E-state index contributed by atoms with van der Waals surface area (Å²) in [5.41, 5.74) is 0.795. The number of ether oxygens (including phenoxy) is 3. The van der Waals surface area contributed by atoms with Crippen LogP contribution in [0.5, 0.6) is 5.75 Å². The molecule has 0 bridgehead atoms. The molecule has 0 aromatic heterocycles. The van der Waals surface area contributed by atoms with Crippen LogP contribution in [0.25, 0.3) is 0 Å². The Hall–Kier alpha value is -2.53. The molecule has 0 aliphatic heterocycles. The molecule has 1 atom stereocenters. The van der Waals surface area contributed by atoms with Gasteiger partial charge in [-0.15, -0.1) is 0 Å². The first-order valence-electron chi connectivity index (χ1n) is 12.4. The first-order valence-corrected chi connectivity index (χ1v) is 12.4. The van der Waals surface area contributed by atoms with E-state index in [-0.39, 0.29) is 57.8 Å². The average Bonchev–Trinajstić information content (AvgIpc) is 3.33. The molecule has 11 heteroatoms.